The SMILES string of the molecule is Cc1c(O)ccc(Oc2ccc(N)cc2)c1C. The van der Waals surface area contributed by atoms with Gasteiger partial charge in [0.15, 0.2) is 0 Å². The molecular formula is C14H15NO2. The Morgan fingerprint density at radius 1 is 0.941 bits per heavy atom. The van der Waals surface area contributed by atoms with Gasteiger partial charge in [0.25, 0.3) is 0 Å². The van der Waals surface area contributed by atoms with E-state index in [0.717, 1.165) is 22.6 Å². The van der Waals surface area contributed by atoms with Gasteiger partial charge in [-0.2, -0.15) is 0 Å². The number of aromatic hydroxyl groups is 1. The highest BCUT2D eigenvalue weighted by Gasteiger charge is 2.07. The Kier molecular flexibility index (Phi) is 2.91. The van der Waals surface area contributed by atoms with Crippen LogP contribution in [0.1, 0.15) is 11.1 Å². The quantitative estimate of drug-likeness (QED) is 0.776. The van der Waals surface area contributed by atoms with Gasteiger partial charge in [-0.1, -0.05) is 0 Å². The number of benzene rings is 2. The van der Waals surface area contributed by atoms with Gasteiger partial charge in [-0.25, -0.2) is 0 Å². The normalized spacial score (nSPS) is 10.2. The molecule has 2 rings (SSSR count). The Balaban J connectivity index is 2.30. The van der Waals surface area contributed by atoms with Gasteiger partial charge < -0.3 is 15.6 Å². The number of rotatable bonds is 2. The van der Waals surface area contributed by atoms with E-state index in [1.807, 2.05) is 26.0 Å². The van der Waals surface area contributed by atoms with E-state index < -0.39 is 0 Å². The van der Waals surface area contributed by atoms with E-state index in [1.54, 1.807) is 24.3 Å². The van der Waals surface area contributed by atoms with Crippen molar-refractivity contribution in [3.8, 4) is 17.2 Å². The van der Waals surface area contributed by atoms with E-state index in [-0.39, 0.29) is 5.75 Å². The third-order valence-corrected chi connectivity index (χ3v) is 2.82. The number of ether oxygens (including phenoxy) is 1. The van der Waals surface area contributed by atoms with Gasteiger partial charge in [-0.3, -0.25) is 0 Å². The fourth-order valence-corrected chi connectivity index (χ4v) is 1.55. The van der Waals surface area contributed by atoms with Crippen LogP contribution in [0, 0.1) is 13.8 Å². The minimum Gasteiger partial charge on any atom is -0.508 e. The first kappa shape index (κ1) is 11.3. The Bertz CT molecular complexity index is 533. The zero-order valence-electron chi connectivity index (χ0n) is 9.90. The number of nitrogens with two attached hydrogens (primary N) is 1. The average Bonchev–Trinajstić information content (AvgIpc) is 2.33. The van der Waals surface area contributed by atoms with Crippen LogP contribution in [0.3, 0.4) is 0 Å². The number of hydrogen-bond acceptors (Lipinski definition) is 3. The van der Waals surface area contributed by atoms with Crippen LogP contribution in [0.15, 0.2) is 36.4 Å². The second-order valence-electron chi connectivity index (χ2n) is 4.00. The number of anilines is 1. The van der Waals surface area contributed by atoms with Crippen molar-refractivity contribution >= 4 is 5.69 Å². The summed E-state index contributed by atoms with van der Waals surface area (Å²) in [5.74, 6) is 1.75. The topological polar surface area (TPSA) is 55.5 Å². The van der Waals surface area contributed by atoms with Crippen LogP contribution >= 0.6 is 0 Å². The summed E-state index contributed by atoms with van der Waals surface area (Å²) in [4.78, 5) is 0. The predicted octanol–water partition coefficient (Wildman–Crippen LogP) is 3.38. The predicted molar refractivity (Wildman–Crippen MR) is 68.5 cm³/mol. The van der Waals surface area contributed by atoms with Crippen LogP contribution in [0.2, 0.25) is 0 Å². The first-order valence-corrected chi connectivity index (χ1v) is 5.40. The Hall–Kier alpha value is -2.16. The molecule has 0 saturated heterocycles. The number of phenolic OH excluding ortho intramolecular Hbond substituents is 1. The maximum absolute atomic E-state index is 9.55. The molecule has 0 atom stereocenters. The van der Waals surface area contributed by atoms with Crippen molar-refractivity contribution in [3.63, 3.8) is 0 Å². The molecule has 0 aliphatic carbocycles. The van der Waals surface area contributed by atoms with E-state index in [1.165, 1.54) is 0 Å². The first-order valence-electron chi connectivity index (χ1n) is 5.40. The van der Waals surface area contributed by atoms with Crippen molar-refractivity contribution in [2.45, 2.75) is 13.8 Å². The van der Waals surface area contributed by atoms with Gasteiger partial charge in [0.2, 0.25) is 0 Å². The van der Waals surface area contributed by atoms with Gasteiger partial charge >= 0.3 is 0 Å². The first-order chi connectivity index (χ1) is 8.08. The molecule has 2 aromatic carbocycles. The molecule has 0 radical (unpaired) electrons. The van der Waals surface area contributed by atoms with E-state index in [0.29, 0.717) is 5.69 Å². The summed E-state index contributed by atoms with van der Waals surface area (Å²) in [5, 5.41) is 9.55. The molecule has 17 heavy (non-hydrogen) atoms. The number of phenols is 1. The van der Waals surface area contributed by atoms with Crippen LogP contribution in [0.4, 0.5) is 5.69 Å². The molecule has 0 aliphatic heterocycles. The highest BCUT2D eigenvalue weighted by Crippen LogP contribution is 2.31. The summed E-state index contributed by atoms with van der Waals surface area (Å²) in [6, 6.07) is 10.6. The monoisotopic (exact) mass is 229 g/mol. The lowest BCUT2D eigenvalue weighted by Gasteiger charge is -2.11. The van der Waals surface area contributed by atoms with Crippen molar-refractivity contribution in [1.29, 1.82) is 0 Å². The molecule has 88 valence electrons. The van der Waals surface area contributed by atoms with Crippen LogP contribution < -0.4 is 10.5 Å². The molecule has 3 heteroatoms. The molecule has 0 spiro atoms. The van der Waals surface area contributed by atoms with Crippen molar-refractivity contribution in [1.82, 2.24) is 0 Å². The number of nitrogen functional groups attached to an aromatic ring is 1. The van der Waals surface area contributed by atoms with E-state index in [4.69, 9.17) is 10.5 Å². The lowest BCUT2D eigenvalue weighted by atomic mass is 10.1. The zero-order valence-corrected chi connectivity index (χ0v) is 9.90. The van der Waals surface area contributed by atoms with Crippen molar-refractivity contribution in [2.24, 2.45) is 0 Å². The minimum absolute atomic E-state index is 0.284. The maximum Gasteiger partial charge on any atom is 0.130 e. The van der Waals surface area contributed by atoms with Crippen LogP contribution in [-0.2, 0) is 0 Å². The summed E-state index contributed by atoms with van der Waals surface area (Å²) in [6.07, 6.45) is 0. The summed E-state index contributed by atoms with van der Waals surface area (Å²) < 4.78 is 5.73. The molecule has 0 bridgehead atoms. The fourth-order valence-electron chi connectivity index (χ4n) is 1.55. The Morgan fingerprint density at radius 3 is 2.24 bits per heavy atom. The van der Waals surface area contributed by atoms with Gasteiger partial charge in [-0.15, -0.1) is 0 Å². The van der Waals surface area contributed by atoms with Gasteiger partial charge in [0.05, 0.1) is 0 Å². The Morgan fingerprint density at radius 2 is 1.59 bits per heavy atom. The van der Waals surface area contributed by atoms with E-state index in [2.05, 4.69) is 0 Å². The largest absolute Gasteiger partial charge is 0.508 e. The Labute approximate surface area is 100 Å². The molecule has 0 aliphatic rings. The van der Waals surface area contributed by atoms with Crippen LogP contribution in [-0.4, -0.2) is 5.11 Å². The highest BCUT2D eigenvalue weighted by molar-refractivity contribution is 5.49. The molecule has 3 nitrogen and oxygen atoms in total. The third-order valence-electron chi connectivity index (χ3n) is 2.82. The molecule has 0 heterocycles. The van der Waals surface area contributed by atoms with E-state index >= 15 is 0 Å². The molecule has 0 saturated carbocycles. The molecule has 0 aromatic heterocycles. The van der Waals surface area contributed by atoms with Crippen molar-refractivity contribution in [2.75, 3.05) is 5.73 Å². The molecular weight excluding hydrogens is 214 g/mol. The fraction of sp³-hybridized carbons (Fsp3) is 0.143. The third kappa shape index (κ3) is 2.33. The molecule has 0 amide bonds. The highest BCUT2D eigenvalue weighted by atomic mass is 16.5. The zero-order chi connectivity index (χ0) is 12.4. The van der Waals surface area contributed by atoms with Crippen LogP contribution in [0.25, 0.3) is 0 Å². The molecule has 2 aromatic rings. The molecule has 3 N–H and O–H groups in total. The van der Waals surface area contributed by atoms with Crippen molar-refractivity contribution < 1.29 is 9.84 Å². The van der Waals surface area contributed by atoms with Gasteiger partial charge in [0.1, 0.15) is 17.2 Å². The molecule has 0 fully saturated rings. The second-order valence-corrected chi connectivity index (χ2v) is 4.00. The van der Waals surface area contributed by atoms with Crippen LogP contribution in [0.5, 0.6) is 17.2 Å². The summed E-state index contributed by atoms with van der Waals surface area (Å²) in [6.45, 7) is 3.78. The molecule has 0 unspecified atom stereocenters. The summed E-state index contributed by atoms with van der Waals surface area (Å²) in [5.41, 5.74) is 8.07. The summed E-state index contributed by atoms with van der Waals surface area (Å²) >= 11 is 0. The number of hydrogen-bond donors (Lipinski definition) is 2. The average molecular weight is 229 g/mol. The van der Waals surface area contributed by atoms with Gasteiger partial charge in [-0.05, 0) is 61.4 Å². The smallest absolute Gasteiger partial charge is 0.130 e. The lowest BCUT2D eigenvalue weighted by molar-refractivity contribution is 0.457. The lowest BCUT2D eigenvalue weighted by Crippen LogP contribution is -1.91. The second kappa shape index (κ2) is 4.37. The summed E-state index contributed by atoms with van der Waals surface area (Å²) in [7, 11) is 0. The standard InChI is InChI=1S/C14H15NO2/c1-9-10(2)14(8-7-13(9)16)17-12-5-3-11(15)4-6-12/h3-8,16H,15H2,1-2H3. The van der Waals surface area contributed by atoms with E-state index in [9.17, 15) is 5.11 Å². The maximum atomic E-state index is 9.55. The minimum atomic E-state index is 0.284. The van der Waals surface area contributed by atoms with Gasteiger partial charge in [0, 0.05) is 5.69 Å². The van der Waals surface area contributed by atoms with Crippen molar-refractivity contribution in [3.05, 3.63) is 47.5 Å².